The zero-order chi connectivity index (χ0) is 22.6. The van der Waals surface area contributed by atoms with E-state index in [1.807, 2.05) is 5.32 Å². The SMILES string of the molecule is NC1=NC(N)(c2cc(F)c(Oc3ccnc4[nH]cc(Br)c34)c(F)c2)C=C(C(F)(F)F)N1. The van der Waals surface area contributed by atoms with Gasteiger partial charge in [0.2, 0.25) is 0 Å². The molecule has 4 rings (SSSR count). The Kier molecular flexibility index (Phi) is 4.89. The monoisotopic (exact) mass is 502 g/mol. The summed E-state index contributed by atoms with van der Waals surface area (Å²) in [6.45, 7) is 0. The molecule has 1 atom stereocenters. The predicted octanol–water partition coefficient (Wildman–Crippen LogP) is 3.87. The van der Waals surface area contributed by atoms with Crippen LogP contribution in [0.25, 0.3) is 11.0 Å². The number of pyridine rings is 1. The van der Waals surface area contributed by atoms with Crippen LogP contribution in [0.2, 0.25) is 0 Å². The third kappa shape index (κ3) is 3.81. The average molecular weight is 503 g/mol. The number of halogens is 6. The number of guanidine groups is 1. The predicted molar refractivity (Wildman–Crippen MR) is 105 cm³/mol. The fraction of sp³-hybridized carbons (Fsp3) is 0.111. The molecule has 1 aromatic carbocycles. The number of hydrogen-bond acceptors (Lipinski definition) is 6. The largest absolute Gasteiger partial charge is 0.450 e. The summed E-state index contributed by atoms with van der Waals surface area (Å²) >= 11 is 3.28. The molecule has 0 amide bonds. The molecule has 31 heavy (non-hydrogen) atoms. The van der Waals surface area contributed by atoms with Gasteiger partial charge in [0.05, 0.1) is 5.39 Å². The lowest BCUT2D eigenvalue weighted by molar-refractivity contribution is -0.0959. The second-order valence-electron chi connectivity index (χ2n) is 6.54. The number of nitrogens with zero attached hydrogens (tertiary/aromatic N) is 2. The summed E-state index contributed by atoms with van der Waals surface area (Å²) in [7, 11) is 0. The van der Waals surface area contributed by atoms with Crippen LogP contribution in [-0.2, 0) is 5.66 Å². The summed E-state index contributed by atoms with van der Waals surface area (Å²) in [5.74, 6) is -3.75. The molecule has 0 saturated heterocycles. The Morgan fingerprint density at radius 1 is 1.16 bits per heavy atom. The highest BCUT2D eigenvalue weighted by Crippen LogP contribution is 2.38. The number of aromatic nitrogens is 2. The van der Waals surface area contributed by atoms with E-state index in [-0.39, 0.29) is 5.75 Å². The van der Waals surface area contributed by atoms with Gasteiger partial charge < -0.3 is 20.8 Å². The molecule has 0 spiro atoms. The van der Waals surface area contributed by atoms with Crippen LogP contribution in [0.5, 0.6) is 11.5 Å². The molecule has 0 radical (unpaired) electrons. The first kappa shape index (κ1) is 21.1. The van der Waals surface area contributed by atoms with Crippen molar-refractivity contribution in [2.75, 3.05) is 0 Å². The van der Waals surface area contributed by atoms with Crippen LogP contribution in [-0.4, -0.2) is 22.1 Å². The van der Waals surface area contributed by atoms with Crippen molar-refractivity contribution < 1.29 is 26.7 Å². The maximum Gasteiger partial charge on any atom is 0.431 e. The number of rotatable bonds is 3. The van der Waals surface area contributed by atoms with Crippen molar-refractivity contribution in [3.63, 3.8) is 0 Å². The van der Waals surface area contributed by atoms with Gasteiger partial charge in [-0.3, -0.25) is 5.73 Å². The van der Waals surface area contributed by atoms with Crippen LogP contribution < -0.4 is 21.5 Å². The van der Waals surface area contributed by atoms with Gasteiger partial charge in [-0.25, -0.2) is 18.8 Å². The van der Waals surface area contributed by atoms with E-state index in [0.717, 1.165) is 12.1 Å². The van der Waals surface area contributed by atoms with Crippen LogP contribution in [0.3, 0.4) is 0 Å². The van der Waals surface area contributed by atoms with E-state index in [2.05, 4.69) is 30.9 Å². The molecule has 1 aliphatic heterocycles. The van der Waals surface area contributed by atoms with Gasteiger partial charge in [-0.05, 0) is 40.2 Å². The van der Waals surface area contributed by atoms with Gasteiger partial charge in [-0.1, -0.05) is 0 Å². The maximum atomic E-state index is 14.8. The summed E-state index contributed by atoms with van der Waals surface area (Å²) in [5, 5.41) is 2.27. The smallest absolute Gasteiger partial charge is 0.431 e. The molecule has 0 saturated carbocycles. The molecule has 6 N–H and O–H groups in total. The normalized spacial score (nSPS) is 19.1. The molecular formula is C18H12BrF5N6O. The van der Waals surface area contributed by atoms with Gasteiger partial charge in [-0.15, -0.1) is 0 Å². The minimum atomic E-state index is -4.83. The topological polar surface area (TPSA) is 114 Å². The van der Waals surface area contributed by atoms with E-state index in [1.54, 1.807) is 6.20 Å². The van der Waals surface area contributed by atoms with Crippen molar-refractivity contribution in [2.24, 2.45) is 16.5 Å². The molecule has 3 heterocycles. The lowest BCUT2D eigenvalue weighted by Gasteiger charge is -2.29. The third-order valence-corrected chi connectivity index (χ3v) is 5.02. The quantitative estimate of drug-likeness (QED) is 0.406. The zero-order valence-electron chi connectivity index (χ0n) is 15.2. The lowest BCUT2D eigenvalue weighted by Crippen LogP contribution is -2.47. The molecule has 1 aliphatic rings. The number of aromatic amines is 1. The fourth-order valence-corrected chi connectivity index (χ4v) is 3.52. The van der Waals surface area contributed by atoms with Gasteiger partial charge in [0.15, 0.2) is 29.0 Å². The van der Waals surface area contributed by atoms with Crippen molar-refractivity contribution in [3.8, 4) is 11.5 Å². The van der Waals surface area contributed by atoms with Crippen molar-refractivity contribution in [1.29, 1.82) is 0 Å². The first-order valence-electron chi connectivity index (χ1n) is 8.48. The lowest BCUT2D eigenvalue weighted by atomic mass is 9.97. The Hall–Kier alpha value is -3.19. The Balaban J connectivity index is 1.76. The van der Waals surface area contributed by atoms with Crippen LogP contribution in [0, 0.1) is 11.6 Å². The number of nitrogens with two attached hydrogens (primary N) is 2. The number of nitrogens with one attached hydrogen (secondary N) is 2. The fourth-order valence-electron chi connectivity index (χ4n) is 3.03. The molecule has 3 aromatic rings. The summed E-state index contributed by atoms with van der Waals surface area (Å²) in [6, 6.07) is 2.86. The van der Waals surface area contributed by atoms with E-state index in [0.29, 0.717) is 21.6 Å². The number of hydrogen-bond donors (Lipinski definition) is 4. The van der Waals surface area contributed by atoms with E-state index in [4.69, 9.17) is 16.2 Å². The molecule has 162 valence electrons. The van der Waals surface area contributed by atoms with E-state index in [9.17, 15) is 22.0 Å². The van der Waals surface area contributed by atoms with Gasteiger partial charge in [0.1, 0.15) is 17.1 Å². The number of fused-ring (bicyclic) bond motifs is 1. The summed E-state index contributed by atoms with van der Waals surface area (Å²) in [5.41, 5.74) is 7.74. The number of benzene rings is 1. The molecule has 0 bridgehead atoms. The number of aliphatic imine (C=N–C) groups is 1. The third-order valence-electron chi connectivity index (χ3n) is 4.40. The molecule has 13 heteroatoms. The number of alkyl halides is 3. The highest BCUT2D eigenvalue weighted by molar-refractivity contribution is 9.10. The molecule has 1 unspecified atom stereocenters. The van der Waals surface area contributed by atoms with Gasteiger partial charge in [0, 0.05) is 22.4 Å². The average Bonchev–Trinajstić information content (AvgIpc) is 3.05. The molecule has 0 aliphatic carbocycles. The van der Waals surface area contributed by atoms with Gasteiger partial charge in [0.25, 0.3) is 0 Å². The second-order valence-corrected chi connectivity index (χ2v) is 7.40. The summed E-state index contributed by atoms with van der Waals surface area (Å²) in [4.78, 5) is 10.6. The highest BCUT2D eigenvalue weighted by Gasteiger charge is 2.41. The zero-order valence-corrected chi connectivity index (χ0v) is 16.8. The van der Waals surface area contributed by atoms with Crippen LogP contribution in [0.1, 0.15) is 5.56 Å². The van der Waals surface area contributed by atoms with Crippen molar-refractivity contribution in [3.05, 3.63) is 64.0 Å². The Morgan fingerprint density at radius 2 is 1.84 bits per heavy atom. The van der Waals surface area contributed by atoms with Crippen molar-refractivity contribution in [2.45, 2.75) is 11.8 Å². The van der Waals surface area contributed by atoms with Crippen LogP contribution >= 0.6 is 15.9 Å². The van der Waals surface area contributed by atoms with Gasteiger partial charge in [-0.2, -0.15) is 13.2 Å². The Labute approximate surface area is 179 Å². The minimum Gasteiger partial charge on any atom is -0.450 e. The van der Waals surface area contributed by atoms with Crippen LogP contribution in [0.15, 0.2) is 51.8 Å². The van der Waals surface area contributed by atoms with E-state index in [1.165, 1.54) is 12.3 Å². The highest BCUT2D eigenvalue weighted by atomic mass is 79.9. The van der Waals surface area contributed by atoms with Crippen molar-refractivity contribution >= 4 is 32.9 Å². The molecule has 7 nitrogen and oxygen atoms in total. The molecular weight excluding hydrogens is 491 g/mol. The van der Waals surface area contributed by atoms with E-state index < -0.39 is 46.4 Å². The minimum absolute atomic E-state index is 0.0921. The maximum absolute atomic E-state index is 14.8. The van der Waals surface area contributed by atoms with Crippen LogP contribution in [0.4, 0.5) is 22.0 Å². The van der Waals surface area contributed by atoms with Gasteiger partial charge >= 0.3 is 6.18 Å². The second kappa shape index (κ2) is 7.20. The Bertz CT molecular complexity index is 1230. The molecule has 0 fully saturated rings. The first-order chi connectivity index (χ1) is 14.5. The summed E-state index contributed by atoms with van der Waals surface area (Å²) in [6.07, 6.45) is -1.40. The number of ether oxygens (including phenoxy) is 1. The summed E-state index contributed by atoms with van der Waals surface area (Å²) < 4.78 is 74.8. The van der Waals surface area contributed by atoms with E-state index >= 15 is 0 Å². The number of allylic oxidation sites excluding steroid dienone is 1. The standard InChI is InChI=1S/C18H12BrF5N6O/c19-8-6-28-15-13(8)11(1-2-27-15)31-14-9(20)3-7(4-10(14)21)17(26)5-12(18(22,23)24)29-16(25)30-17/h1-6H,26H2,(H,27,28)(H3,25,29,30). The molecule has 2 aromatic heterocycles. The number of H-pyrrole nitrogens is 1. The first-order valence-corrected chi connectivity index (χ1v) is 9.27. The van der Waals surface area contributed by atoms with Crippen molar-refractivity contribution in [1.82, 2.24) is 15.3 Å². The Morgan fingerprint density at radius 3 is 2.48 bits per heavy atom.